The van der Waals surface area contributed by atoms with Gasteiger partial charge in [0, 0.05) is 30.1 Å². The Labute approximate surface area is 178 Å². The van der Waals surface area contributed by atoms with E-state index in [1.807, 2.05) is 39.9 Å². The third-order valence-corrected chi connectivity index (χ3v) is 5.80. The molecule has 0 saturated carbocycles. The summed E-state index contributed by atoms with van der Waals surface area (Å²) < 4.78 is 16.4. The zero-order chi connectivity index (χ0) is 20.9. The highest BCUT2D eigenvalue weighted by Gasteiger charge is 2.27. The van der Waals surface area contributed by atoms with Crippen molar-refractivity contribution in [3.8, 4) is 23.0 Å². The van der Waals surface area contributed by atoms with E-state index in [2.05, 4.69) is 10.2 Å². The predicted octanol–water partition coefficient (Wildman–Crippen LogP) is 4.23. The number of aromatic nitrogens is 2. The summed E-state index contributed by atoms with van der Waals surface area (Å²) >= 11 is 1.59. The van der Waals surface area contributed by atoms with Gasteiger partial charge in [-0.2, -0.15) is 11.3 Å². The van der Waals surface area contributed by atoms with Gasteiger partial charge in [0.25, 0.3) is 0 Å². The molecule has 0 radical (unpaired) electrons. The number of rotatable bonds is 6. The molecule has 3 aromatic rings. The van der Waals surface area contributed by atoms with Gasteiger partial charge in [0.05, 0.1) is 20.1 Å². The molecule has 1 aliphatic heterocycles. The lowest BCUT2D eigenvalue weighted by atomic mass is 9.98. The van der Waals surface area contributed by atoms with Crippen LogP contribution in [0.1, 0.15) is 30.2 Å². The van der Waals surface area contributed by atoms with Crippen molar-refractivity contribution in [3.05, 3.63) is 52.6 Å². The Kier molecular flexibility index (Phi) is 6.13. The fraction of sp³-hybridized carbons (Fsp3) is 0.318. The van der Waals surface area contributed by atoms with Crippen molar-refractivity contribution in [1.82, 2.24) is 15.1 Å². The van der Waals surface area contributed by atoms with Crippen molar-refractivity contribution < 1.29 is 18.7 Å². The normalized spacial score (nSPS) is 16.7. The molecule has 0 unspecified atom stereocenters. The summed E-state index contributed by atoms with van der Waals surface area (Å²) in [4.78, 5) is 14.6. The number of ether oxygens (including phenoxy) is 2. The van der Waals surface area contributed by atoms with Crippen molar-refractivity contribution in [2.45, 2.75) is 18.8 Å². The van der Waals surface area contributed by atoms with E-state index >= 15 is 0 Å². The summed E-state index contributed by atoms with van der Waals surface area (Å²) in [6.07, 6.45) is 5.20. The molecule has 30 heavy (non-hydrogen) atoms. The van der Waals surface area contributed by atoms with E-state index in [9.17, 15) is 4.79 Å². The van der Waals surface area contributed by atoms with E-state index in [1.54, 1.807) is 37.7 Å². The van der Waals surface area contributed by atoms with Gasteiger partial charge in [-0.15, -0.1) is 10.2 Å². The molecule has 1 fully saturated rings. The molecule has 1 atom stereocenters. The lowest BCUT2D eigenvalue weighted by molar-refractivity contribution is -0.127. The zero-order valence-electron chi connectivity index (χ0n) is 16.9. The van der Waals surface area contributed by atoms with Gasteiger partial charge in [0.1, 0.15) is 0 Å². The molecular formula is C22H23N3O4S. The molecule has 0 aliphatic carbocycles. The second-order valence-corrected chi connectivity index (χ2v) is 7.81. The number of piperidine rings is 1. The maximum absolute atomic E-state index is 12.7. The summed E-state index contributed by atoms with van der Waals surface area (Å²) in [5.74, 6) is 2.42. The number of nitrogens with zero attached hydrogens (tertiary/aromatic N) is 3. The monoisotopic (exact) mass is 425 g/mol. The summed E-state index contributed by atoms with van der Waals surface area (Å²) in [5, 5.41) is 12.3. The maximum Gasteiger partial charge on any atom is 0.248 e. The number of carbonyl (C=O) groups is 1. The molecule has 1 aliphatic rings. The molecule has 2 aromatic heterocycles. The van der Waals surface area contributed by atoms with Crippen molar-refractivity contribution >= 4 is 23.3 Å². The molecule has 8 heteroatoms. The van der Waals surface area contributed by atoms with E-state index in [0.717, 1.165) is 30.5 Å². The smallest absolute Gasteiger partial charge is 0.248 e. The number of hydrogen-bond acceptors (Lipinski definition) is 7. The van der Waals surface area contributed by atoms with Crippen molar-refractivity contribution in [3.63, 3.8) is 0 Å². The van der Waals surface area contributed by atoms with Crippen LogP contribution in [0.3, 0.4) is 0 Å². The van der Waals surface area contributed by atoms with Crippen LogP contribution in [0.25, 0.3) is 17.5 Å². The van der Waals surface area contributed by atoms with Crippen LogP contribution in [0.2, 0.25) is 0 Å². The van der Waals surface area contributed by atoms with Gasteiger partial charge in [-0.1, -0.05) is 6.07 Å². The Morgan fingerprint density at radius 3 is 2.87 bits per heavy atom. The number of carbonyl (C=O) groups excluding carboxylic acids is 1. The lowest BCUT2D eigenvalue weighted by Crippen LogP contribution is -2.38. The average Bonchev–Trinajstić information content (AvgIpc) is 3.49. The zero-order valence-corrected chi connectivity index (χ0v) is 17.7. The highest BCUT2D eigenvalue weighted by molar-refractivity contribution is 7.08. The Morgan fingerprint density at radius 1 is 1.23 bits per heavy atom. The number of likely N-dealkylation sites (tertiary alicyclic amines) is 1. The van der Waals surface area contributed by atoms with Crippen LogP contribution >= 0.6 is 11.3 Å². The minimum Gasteiger partial charge on any atom is -0.493 e. The molecule has 1 amide bonds. The van der Waals surface area contributed by atoms with Gasteiger partial charge in [-0.25, -0.2) is 0 Å². The Hall–Kier alpha value is -3.13. The summed E-state index contributed by atoms with van der Waals surface area (Å²) in [5.41, 5.74) is 1.80. The molecule has 0 spiro atoms. The van der Waals surface area contributed by atoms with Crippen molar-refractivity contribution in [2.24, 2.45) is 0 Å². The SMILES string of the molecule is COc1ccc(/C=C/C(=O)N2CCC[C@@H](c3nnc(-c4ccsc4)o3)C2)cc1OC. The summed E-state index contributed by atoms with van der Waals surface area (Å²) in [6.45, 7) is 1.29. The van der Waals surface area contributed by atoms with E-state index < -0.39 is 0 Å². The van der Waals surface area contributed by atoms with E-state index in [1.165, 1.54) is 0 Å². The highest BCUT2D eigenvalue weighted by atomic mass is 32.1. The maximum atomic E-state index is 12.7. The highest BCUT2D eigenvalue weighted by Crippen LogP contribution is 2.30. The Balaban J connectivity index is 1.42. The van der Waals surface area contributed by atoms with Gasteiger partial charge in [0.15, 0.2) is 11.5 Å². The van der Waals surface area contributed by atoms with Gasteiger partial charge in [0.2, 0.25) is 17.7 Å². The molecular weight excluding hydrogens is 402 g/mol. The van der Waals surface area contributed by atoms with Crippen LogP contribution in [-0.2, 0) is 4.79 Å². The number of amides is 1. The third kappa shape index (κ3) is 4.38. The second kappa shape index (κ2) is 9.13. The summed E-state index contributed by atoms with van der Waals surface area (Å²) in [7, 11) is 3.18. The fourth-order valence-corrected chi connectivity index (χ4v) is 4.14. The number of benzene rings is 1. The van der Waals surface area contributed by atoms with Gasteiger partial charge < -0.3 is 18.8 Å². The summed E-state index contributed by atoms with van der Waals surface area (Å²) in [6, 6.07) is 7.50. The Bertz CT molecular complexity index is 1030. The quantitative estimate of drug-likeness (QED) is 0.550. The number of thiophene rings is 1. The van der Waals surface area contributed by atoms with Gasteiger partial charge in [-0.3, -0.25) is 4.79 Å². The van der Waals surface area contributed by atoms with E-state index in [-0.39, 0.29) is 11.8 Å². The van der Waals surface area contributed by atoms with Crippen LogP contribution in [0.5, 0.6) is 11.5 Å². The van der Waals surface area contributed by atoms with Crippen LogP contribution in [0.4, 0.5) is 0 Å². The van der Waals surface area contributed by atoms with Crippen LogP contribution in [-0.4, -0.2) is 48.3 Å². The van der Waals surface area contributed by atoms with Crippen molar-refractivity contribution in [2.75, 3.05) is 27.3 Å². The molecule has 0 bridgehead atoms. The molecule has 7 nitrogen and oxygen atoms in total. The lowest BCUT2D eigenvalue weighted by Gasteiger charge is -2.30. The first kappa shape index (κ1) is 20.2. The first-order valence-corrected chi connectivity index (χ1v) is 10.7. The van der Waals surface area contributed by atoms with Gasteiger partial charge >= 0.3 is 0 Å². The molecule has 3 heterocycles. The predicted molar refractivity (Wildman–Crippen MR) is 115 cm³/mol. The van der Waals surface area contributed by atoms with Crippen LogP contribution in [0.15, 0.2) is 45.5 Å². The molecule has 156 valence electrons. The third-order valence-electron chi connectivity index (χ3n) is 5.12. The fourth-order valence-electron chi connectivity index (χ4n) is 3.51. The van der Waals surface area contributed by atoms with E-state index in [0.29, 0.717) is 29.8 Å². The Morgan fingerprint density at radius 2 is 2.10 bits per heavy atom. The van der Waals surface area contributed by atoms with Crippen molar-refractivity contribution in [1.29, 1.82) is 0 Å². The minimum atomic E-state index is -0.0351. The number of methoxy groups -OCH3 is 2. The first-order chi connectivity index (χ1) is 14.7. The second-order valence-electron chi connectivity index (χ2n) is 7.03. The minimum absolute atomic E-state index is 0.0351. The topological polar surface area (TPSA) is 77.7 Å². The molecule has 1 saturated heterocycles. The number of hydrogen-bond donors (Lipinski definition) is 0. The van der Waals surface area contributed by atoms with Crippen LogP contribution < -0.4 is 9.47 Å². The molecule has 0 N–H and O–H groups in total. The van der Waals surface area contributed by atoms with Crippen LogP contribution in [0, 0.1) is 0 Å². The average molecular weight is 426 g/mol. The van der Waals surface area contributed by atoms with Gasteiger partial charge in [-0.05, 0) is 48.1 Å². The van der Waals surface area contributed by atoms with E-state index in [4.69, 9.17) is 13.9 Å². The molecule has 4 rings (SSSR count). The largest absolute Gasteiger partial charge is 0.493 e. The standard InChI is InChI=1S/C22H23N3O4S/c1-27-18-7-5-15(12-19(18)28-2)6-8-20(26)25-10-3-4-16(13-25)21-23-24-22(29-21)17-9-11-30-14-17/h5-9,11-12,14,16H,3-4,10,13H2,1-2H3/b8-6+/t16-/m1/s1. The molecule has 1 aromatic carbocycles. The first-order valence-electron chi connectivity index (χ1n) is 9.73.